The fourth-order valence-electron chi connectivity index (χ4n) is 1.75. The number of nitrogen functional groups attached to an aromatic ring is 1. The Morgan fingerprint density at radius 3 is 2.75 bits per heavy atom. The third kappa shape index (κ3) is 3.32. The van der Waals surface area contributed by atoms with Crippen molar-refractivity contribution in [3.63, 3.8) is 0 Å². The van der Waals surface area contributed by atoms with Gasteiger partial charge in [0.25, 0.3) is 0 Å². The van der Waals surface area contributed by atoms with Gasteiger partial charge in [-0.3, -0.25) is 4.79 Å². The van der Waals surface area contributed by atoms with Crippen LogP contribution in [0, 0.1) is 11.3 Å². The largest absolute Gasteiger partial charge is 0.367 e. The molecule has 1 atom stereocenters. The second kappa shape index (κ2) is 5.84. The standard InChI is InChI=1S/C13H14N6O/c1-9(11-4-2-10(6-14)3-5-11)17-12(20)7-19-8-16-13(15)18-19/h2-5,8-9H,7H2,1H3,(H2,15,18)(H,17,20). The van der Waals surface area contributed by atoms with Gasteiger partial charge in [0.2, 0.25) is 11.9 Å². The van der Waals surface area contributed by atoms with E-state index < -0.39 is 0 Å². The van der Waals surface area contributed by atoms with E-state index in [1.165, 1.54) is 11.0 Å². The van der Waals surface area contributed by atoms with Crippen molar-refractivity contribution in [2.24, 2.45) is 0 Å². The number of nitrogens with one attached hydrogen (secondary N) is 1. The molecule has 0 saturated heterocycles. The Labute approximate surface area is 116 Å². The molecule has 0 saturated carbocycles. The third-order valence-corrected chi connectivity index (χ3v) is 2.78. The van der Waals surface area contributed by atoms with Crippen LogP contribution in [0.4, 0.5) is 5.95 Å². The highest BCUT2D eigenvalue weighted by Crippen LogP contribution is 2.12. The van der Waals surface area contributed by atoms with E-state index in [9.17, 15) is 4.79 Å². The molecule has 0 aliphatic carbocycles. The maximum absolute atomic E-state index is 11.8. The molecule has 2 rings (SSSR count). The Morgan fingerprint density at radius 2 is 2.20 bits per heavy atom. The van der Waals surface area contributed by atoms with Gasteiger partial charge in [0.05, 0.1) is 17.7 Å². The summed E-state index contributed by atoms with van der Waals surface area (Å²) in [5, 5.41) is 15.4. The van der Waals surface area contributed by atoms with Gasteiger partial charge in [-0.25, -0.2) is 9.67 Å². The molecule has 1 unspecified atom stereocenters. The number of aromatic nitrogens is 3. The molecule has 0 radical (unpaired) electrons. The molecule has 20 heavy (non-hydrogen) atoms. The number of nitriles is 1. The van der Waals surface area contributed by atoms with Crippen molar-refractivity contribution in [2.45, 2.75) is 19.5 Å². The fourth-order valence-corrected chi connectivity index (χ4v) is 1.75. The number of amides is 1. The number of benzene rings is 1. The van der Waals surface area contributed by atoms with Crippen LogP contribution >= 0.6 is 0 Å². The van der Waals surface area contributed by atoms with Crippen molar-refractivity contribution in [3.05, 3.63) is 41.7 Å². The molecule has 0 fully saturated rings. The van der Waals surface area contributed by atoms with Gasteiger partial charge in [0.1, 0.15) is 12.9 Å². The normalized spacial score (nSPS) is 11.6. The minimum absolute atomic E-state index is 0.0603. The summed E-state index contributed by atoms with van der Waals surface area (Å²) < 4.78 is 1.37. The molecule has 3 N–H and O–H groups in total. The lowest BCUT2D eigenvalue weighted by Crippen LogP contribution is -2.30. The Kier molecular flexibility index (Phi) is 3.96. The van der Waals surface area contributed by atoms with Crippen LogP contribution in [0.1, 0.15) is 24.1 Å². The summed E-state index contributed by atoms with van der Waals surface area (Å²) in [6.45, 7) is 1.93. The highest BCUT2D eigenvalue weighted by molar-refractivity contribution is 5.76. The van der Waals surface area contributed by atoms with E-state index in [4.69, 9.17) is 11.0 Å². The van der Waals surface area contributed by atoms with Crippen molar-refractivity contribution in [2.75, 3.05) is 5.73 Å². The molecule has 1 amide bonds. The van der Waals surface area contributed by atoms with Gasteiger partial charge in [0, 0.05) is 0 Å². The van der Waals surface area contributed by atoms with Crippen LogP contribution in [0.5, 0.6) is 0 Å². The summed E-state index contributed by atoms with van der Waals surface area (Å²) >= 11 is 0. The number of carbonyl (C=O) groups is 1. The molecule has 7 nitrogen and oxygen atoms in total. The van der Waals surface area contributed by atoms with Crippen molar-refractivity contribution in [3.8, 4) is 6.07 Å². The van der Waals surface area contributed by atoms with E-state index in [1.54, 1.807) is 12.1 Å². The summed E-state index contributed by atoms with van der Waals surface area (Å²) in [5.41, 5.74) is 6.89. The van der Waals surface area contributed by atoms with Gasteiger partial charge in [0.15, 0.2) is 0 Å². The lowest BCUT2D eigenvalue weighted by atomic mass is 10.1. The Bertz CT molecular complexity index is 640. The maximum Gasteiger partial charge on any atom is 0.242 e. The van der Waals surface area contributed by atoms with Crippen LogP contribution < -0.4 is 11.1 Å². The number of anilines is 1. The average molecular weight is 270 g/mol. The number of rotatable bonds is 4. The van der Waals surface area contributed by atoms with Gasteiger partial charge in [-0.1, -0.05) is 12.1 Å². The Balaban J connectivity index is 1.94. The summed E-state index contributed by atoms with van der Waals surface area (Å²) in [6, 6.07) is 8.96. The smallest absolute Gasteiger partial charge is 0.242 e. The van der Waals surface area contributed by atoms with Crippen LogP contribution in [0.15, 0.2) is 30.6 Å². The molecule has 7 heteroatoms. The van der Waals surface area contributed by atoms with E-state index in [0.29, 0.717) is 5.56 Å². The topological polar surface area (TPSA) is 110 Å². The SMILES string of the molecule is CC(NC(=O)Cn1cnc(N)n1)c1ccc(C#N)cc1. The lowest BCUT2D eigenvalue weighted by Gasteiger charge is -2.14. The molecule has 0 aliphatic rings. The first-order chi connectivity index (χ1) is 9.58. The zero-order valence-corrected chi connectivity index (χ0v) is 10.9. The first-order valence-corrected chi connectivity index (χ1v) is 6.03. The summed E-state index contributed by atoms with van der Waals surface area (Å²) in [4.78, 5) is 15.6. The Hall–Kier alpha value is -2.88. The van der Waals surface area contributed by atoms with E-state index in [2.05, 4.69) is 21.5 Å². The van der Waals surface area contributed by atoms with Gasteiger partial charge < -0.3 is 11.1 Å². The van der Waals surface area contributed by atoms with Crippen molar-refractivity contribution in [1.82, 2.24) is 20.1 Å². The molecular weight excluding hydrogens is 256 g/mol. The molecule has 1 aromatic heterocycles. The first kappa shape index (κ1) is 13.5. The molecule has 1 aromatic carbocycles. The number of hydrogen-bond donors (Lipinski definition) is 2. The molecular formula is C13H14N6O. The number of carbonyl (C=O) groups excluding carboxylic acids is 1. The third-order valence-electron chi connectivity index (χ3n) is 2.78. The molecule has 1 heterocycles. The van der Waals surface area contributed by atoms with Crippen LogP contribution in [-0.4, -0.2) is 20.7 Å². The van der Waals surface area contributed by atoms with Crippen LogP contribution in [-0.2, 0) is 11.3 Å². The summed E-state index contributed by atoms with van der Waals surface area (Å²) in [5.74, 6) is -0.0512. The van der Waals surface area contributed by atoms with Gasteiger partial charge in [-0.2, -0.15) is 5.26 Å². The predicted octanol–water partition coefficient (Wildman–Crippen LogP) is 0.609. The number of hydrogen-bond acceptors (Lipinski definition) is 5. The zero-order valence-electron chi connectivity index (χ0n) is 10.9. The second-order valence-electron chi connectivity index (χ2n) is 4.32. The van der Waals surface area contributed by atoms with E-state index >= 15 is 0 Å². The summed E-state index contributed by atoms with van der Waals surface area (Å²) in [6.07, 6.45) is 1.40. The fraction of sp³-hybridized carbons (Fsp3) is 0.231. The van der Waals surface area contributed by atoms with Crippen molar-refractivity contribution in [1.29, 1.82) is 5.26 Å². The van der Waals surface area contributed by atoms with E-state index in [-0.39, 0.29) is 24.4 Å². The highest BCUT2D eigenvalue weighted by atomic mass is 16.2. The van der Waals surface area contributed by atoms with Crippen molar-refractivity contribution < 1.29 is 4.79 Å². The quantitative estimate of drug-likeness (QED) is 0.845. The molecule has 0 bridgehead atoms. The molecule has 0 spiro atoms. The van der Waals surface area contributed by atoms with Gasteiger partial charge in [-0.15, -0.1) is 5.10 Å². The van der Waals surface area contributed by atoms with E-state index in [1.807, 2.05) is 19.1 Å². The van der Waals surface area contributed by atoms with Gasteiger partial charge in [-0.05, 0) is 24.6 Å². The second-order valence-corrected chi connectivity index (χ2v) is 4.32. The van der Waals surface area contributed by atoms with Gasteiger partial charge >= 0.3 is 0 Å². The predicted molar refractivity (Wildman–Crippen MR) is 72.1 cm³/mol. The average Bonchev–Trinajstić information content (AvgIpc) is 2.84. The first-order valence-electron chi connectivity index (χ1n) is 6.03. The minimum atomic E-state index is -0.188. The van der Waals surface area contributed by atoms with Crippen LogP contribution in [0.2, 0.25) is 0 Å². The zero-order chi connectivity index (χ0) is 14.5. The Morgan fingerprint density at radius 1 is 1.50 bits per heavy atom. The van der Waals surface area contributed by atoms with Crippen LogP contribution in [0.25, 0.3) is 0 Å². The molecule has 102 valence electrons. The molecule has 2 aromatic rings. The number of nitrogens with zero attached hydrogens (tertiary/aromatic N) is 4. The van der Waals surface area contributed by atoms with E-state index in [0.717, 1.165) is 5.56 Å². The van der Waals surface area contributed by atoms with Crippen molar-refractivity contribution >= 4 is 11.9 Å². The summed E-state index contributed by atoms with van der Waals surface area (Å²) in [7, 11) is 0. The minimum Gasteiger partial charge on any atom is -0.367 e. The van der Waals surface area contributed by atoms with Crippen LogP contribution in [0.3, 0.4) is 0 Å². The highest BCUT2D eigenvalue weighted by Gasteiger charge is 2.10. The monoisotopic (exact) mass is 270 g/mol. The lowest BCUT2D eigenvalue weighted by molar-refractivity contribution is -0.122. The maximum atomic E-state index is 11.8. The molecule has 0 aliphatic heterocycles. The number of nitrogens with two attached hydrogens (primary N) is 1.